The SMILES string of the molecule is CC(C)CN=C(N)NCCOc1ccc(Cl)cc1. The van der Waals surface area contributed by atoms with Crippen LogP contribution in [0.15, 0.2) is 29.3 Å². The van der Waals surface area contributed by atoms with Crippen molar-refractivity contribution in [2.75, 3.05) is 19.7 Å². The van der Waals surface area contributed by atoms with Crippen LogP contribution in [0.25, 0.3) is 0 Å². The first-order valence-corrected chi connectivity index (χ1v) is 6.38. The summed E-state index contributed by atoms with van der Waals surface area (Å²) in [5.41, 5.74) is 5.69. The minimum atomic E-state index is 0.461. The molecule has 0 amide bonds. The van der Waals surface area contributed by atoms with Gasteiger partial charge in [0.25, 0.3) is 0 Å². The Morgan fingerprint density at radius 2 is 2.06 bits per heavy atom. The van der Waals surface area contributed by atoms with Crippen molar-refractivity contribution in [2.45, 2.75) is 13.8 Å². The summed E-state index contributed by atoms with van der Waals surface area (Å²) in [5.74, 6) is 1.76. The predicted molar refractivity (Wildman–Crippen MR) is 76.3 cm³/mol. The zero-order chi connectivity index (χ0) is 13.4. The fourth-order valence-corrected chi connectivity index (χ4v) is 1.34. The highest BCUT2D eigenvalue weighted by molar-refractivity contribution is 6.30. The molecule has 0 aliphatic rings. The smallest absolute Gasteiger partial charge is 0.188 e. The normalized spacial score (nSPS) is 11.7. The Morgan fingerprint density at radius 3 is 2.67 bits per heavy atom. The van der Waals surface area contributed by atoms with Gasteiger partial charge < -0.3 is 15.8 Å². The first-order valence-electron chi connectivity index (χ1n) is 6.00. The molecule has 4 nitrogen and oxygen atoms in total. The molecular formula is C13H20ClN3O. The van der Waals surface area contributed by atoms with Gasteiger partial charge in [0.05, 0.1) is 6.54 Å². The number of rotatable bonds is 6. The second-order valence-electron chi connectivity index (χ2n) is 4.35. The second-order valence-corrected chi connectivity index (χ2v) is 4.79. The number of hydrogen-bond donors (Lipinski definition) is 2. The van der Waals surface area contributed by atoms with Crippen LogP contribution in [0.4, 0.5) is 0 Å². The lowest BCUT2D eigenvalue weighted by Gasteiger charge is -2.08. The van der Waals surface area contributed by atoms with Crippen LogP contribution in [-0.2, 0) is 0 Å². The zero-order valence-corrected chi connectivity index (χ0v) is 11.6. The van der Waals surface area contributed by atoms with E-state index in [9.17, 15) is 0 Å². The minimum absolute atomic E-state index is 0.461. The fraction of sp³-hybridized carbons (Fsp3) is 0.462. The summed E-state index contributed by atoms with van der Waals surface area (Å²) in [6.07, 6.45) is 0. The summed E-state index contributed by atoms with van der Waals surface area (Å²) < 4.78 is 5.51. The van der Waals surface area contributed by atoms with Gasteiger partial charge in [-0.25, -0.2) is 0 Å². The quantitative estimate of drug-likeness (QED) is 0.473. The zero-order valence-electron chi connectivity index (χ0n) is 10.8. The maximum atomic E-state index is 5.77. The van der Waals surface area contributed by atoms with Gasteiger partial charge in [-0.3, -0.25) is 4.99 Å². The molecule has 0 aliphatic carbocycles. The molecule has 0 spiro atoms. The molecule has 0 radical (unpaired) electrons. The van der Waals surface area contributed by atoms with Crippen molar-refractivity contribution >= 4 is 17.6 Å². The third-order valence-corrected chi connectivity index (χ3v) is 2.37. The Balaban J connectivity index is 2.18. The third-order valence-electron chi connectivity index (χ3n) is 2.12. The highest BCUT2D eigenvalue weighted by Crippen LogP contribution is 2.14. The van der Waals surface area contributed by atoms with E-state index < -0.39 is 0 Å². The van der Waals surface area contributed by atoms with Crippen LogP contribution in [0.3, 0.4) is 0 Å². The topological polar surface area (TPSA) is 59.6 Å². The van der Waals surface area contributed by atoms with E-state index in [4.69, 9.17) is 22.1 Å². The molecule has 5 heteroatoms. The molecular weight excluding hydrogens is 250 g/mol. The molecule has 1 aromatic carbocycles. The summed E-state index contributed by atoms with van der Waals surface area (Å²) in [6.45, 7) is 6.08. The van der Waals surface area contributed by atoms with Gasteiger partial charge in [-0.05, 0) is 30.2 Å². The highest BCUT2D eigenvalue weighted by Gasteiger charge is 1.96. The van der Waals surface area contributed by atoms with E-state index in [1.165, 1.54) is 0 Å². The molecule has 0 heterocycles. The van der Waals surface area contributed by atoms with Crippen molar-refractivity contribution in [3.63, 3.8) is 0 Å². The van der Waals surface area contributed by atoms with Crippen molar-refractivity contribution in [3.8, 4) is 5.75 Å². The number of ether oxygens (including phenoxy) is 1. The first kappa shape index (κ1) is 14.6. The van der Waals surface area contributed by atoms with Gasteiger partial charge in [0.2, 0.25) is 0 Å². The third kappa shape index (κ3) is 6.35. The van der Waals surface area contributed by atoms with Crippen LogP contribution >= 0.6 is 11.6 Å². The second kappa shape index (κ2) is 7.82. The molecule has 0 unspecified atom stereocenters. The van der Waals surface area contributed by atoms with Gasteiger partial charge in [-0.1, -0.05) is 25.4 Å². The van der Waals surface area contributed by atoms with Gasteiger partial charge in [0.1, 0.15) is 12.4 Å². The van der Waals surface area contributed by atoms with Gasteiger partial charge in [-0.2, -0.15) is 0 Å². The van der Waals surface area contributed by atoms with E-state index in [-0.39, 0.29) is 0 Å². The van der Waals surface area contributed by atoms with Gasteiger partial charge in [0, 0.05) is 11.6 Å². The molecule has 0 bridgehead atoms. The van der Waals surface area contributed by atoms with Crippen molar-refractivity contribution in [2.24, 2.45) is 16.6 Å². The number of guanidine groups is 1. The molecule has 1 aromatic rings. The van der Waals surface area contributed by atoms with Crippen LogP contribution in [-0.4, -0.2) is 25.7 Å². The Hall–Kier alpha value is -1.42. The van der Waals surface area contributed by atoms with Gasteiger partial charge in [-0.15, -0.1) is 0 Å². The molecule has 0 fully saturated rings. The number of aliphatic imine (C=N–C) groups is 1. The Bertz CT molecular complexity index is 376. The number of nitrogens with zero attached hydrogens (tertiary/aromatic N) is 1. The Morgan fingerprint density at radius 1 is 1.39 bits per heavy atom. The number of halogens is 1. The van der Waals surface area contributed by atoms with E-state index in [2.05, 4.69) is 24.2 Å². The summed E-state index contributed by atoms with van der Waals surface area (Å²) in [6, 6.07) is 7.25. The van der Waals surface area contributed by atoms with Crippen LogP contribution < -0.4 is 15.8 Å². The summed E-state index contributed by atoms with van der Waals surface area (Å²) in [5, 5.41) is 3.70. The van der Waals surface area contributed by atoms with Crippen LogP contribution in [0.2, 0.25) is 5.02 Å². The van der Waals surface area contributed by atoms with E-state index >= 15 is 0 Å². The lowest BCUT2D eigenvalue weighted by Crippen LogP contribution is -2.35. The number of hydrogen-bond acceptors (Lipinski definition) is 2. The van der Waals surface area contributed by atoms with Gasteiger partial charge >= 0.3 is 0 Å². The van der Waals surface area contributed by atoms with Crippen molar-refractivity contribution in [1.29, 1.82) is 0 Å². The molecule has 0 saturated carbocycles. The van der Waals surface area contributed by atoms with E-state index in [1.54, 1.807) is 12.1 Å². The molecule has 0 aliphatic heterocycles. The molecule has 0 aromatic heterocycles. The fourth-order valence-electron chi connectivity index (χ4n) is 1.22. The molecule has 18 heavy (non-hydrogen) atoms. The van der Waals surface area contributed by atoms with Gasteiger partial charge in [0.15, 0.2) is 5.96 Å². The van der Waals surface area contributed by atoms with Crippen molar-refractivity contribution < 1.29 is 4.74 Å². The minimum Gasteiger partial charge on any atom is -0.492 e. The van der Waals surface area contributed by atoms with Crippen molar-refractivity contribution in [1.82, 2.24) is 5.32 Å². The molecule has 100 valence electrons. The number of benzene rings is 1. The summed E-state index contributed by atoms with van der Waals surface area (Å²) in [4.78, 5) is 4.19. The average molecular weight is 270 g/mol. The maximum Gasteiger partial charge on any atom is 0.188 e. The average Bonchev–Trinajstić information content (AvgIpc) is 2.34. The Kier molecular flexibility index (Phi) is 6.36. The largest absolute Gasteiger partial charge is 0.492 e. The van der Waals surface area contributed by atoms with Crippen LogP contribution in [0.1, 0.15) is 13.8 Å². The maximum absolute atomic E-state index is 5.77. The monoisotopic (exact) mass is 269 g/mol. The predicted octanol–water partition coefficient (Wildman–Crippen LogP) is 2.28. The van der Waals surface area contributed by atoms with E-state index in [1.807, 2.05) is 12.1 Å². The lowest BCUT2D eigenvalue weighted by atomic mass is 10.2. The van der Waals surface area contributed by atoms with Crippen molar-refractivity contribution in [3.05, 3.63) is 29.3 Å². The lowest BCUT2D eigenvalue weighted by molar-refractivity contribution is 0.322. The molecule has 0 atom stereocenters. The molecule has 1 rings (SSSR count). The number of nitrogens with two attached hydrogens (primary N) is 1. The summed E-state index contributed by atoms with van der Waals surface area (Å²) in [7, 11) is 0. The summed E-state index contributed by atoms with van der Waals surface area (Å²) >= 11 is 5.77. The van der Waals surface area contributed by atoms with E-state index in [0.29, 0.717) is 30.1 Å². The first-order chi connectivity index (χ1) is 8.58. The Labute approximate surface area is 113 Å². The standard InChI is InChI=1S/C13H20ClN3O/c1-10(2)9-17-13(15)16-7-8-18-12-5-3-11(14)4-6-12/h3-6,10H,7-9H2,1-2H3,(H3,15,16,17). The van der Waals surface area contributed by atoms with Crippen LogP contribution in [0.5, 0.6) is 5.75 Å². The van der Waals surface area contributed by atoms with Crippen LogP contribution in [0, 0.1) is 5.92 Å². The molecule has 0 saturated heterocycles. The highest BCUT2D eigenvalue weighted by atomic mass is 35.5. The number of nitrogens with one attached hydrogen (secondary N) is 1. The van der Waals surface area contributed by atoms with E-state index in [0.717, 1.165) is 12.3 Å². The molecule has 3 N–H and O–H groups in total.